The second-order valence-electron chi connectivity index (χ2n) is 3.36. The smallest absolute Gasteiger partial charge is 0.0635 e. The zero-order valence-electron chi connectivity index (χ0n) is 9.08. The van der Waals surface area contributed by atoms with Gasteiger partial charge in [0.2, 0.25) is 0 Å². The summed E-state index contributed by atoms with van der Waals surface area (Å²) >= 11 is 0. The van der Waals surface area contributed by atoms with Crippen LogP contribution in [0.15, 0.2) is 24.3 Å². The number of rotatable bonds is 5. The second-order valence-corrected chi connectivity index (χ2v) is 3.36. The molecule has 0 aliphatic carbocycles. The lowest BCUT2D eigenvalue weighted by Crippen LogP contribution is -2.10. The molecule has 1 N–H and O–H groups in total. The zero-order valence-corrected chi connectivity index (χ0v) is 9.08. The molecule has 0 amide bonds. The van der Waals surface area contributed by atoms with Crippen molar-refractivity contribution < 1.29 is 4.74 Å². The van der Waals surface area contributed by atoms with Crippen molar-refractivity contribution in [2.45, 2.75) is 0 Å². The Kier molecular flexibility index (Phi) is 4.26. The Morgan fingerprint density at radius 2 is 2.14 bits per heavy atom. The van der Waals surface area contributed by atoms with Crippen molar-refractivity contribution in [1.82, 2.24) is 0 Å². The van der Waals surface area contributed by atoms with Gasteiger partial charge in [-0.05, 0) is 18.2 Å². The van der Waals surface area contributed by atoms with Gasteiger partial charge in [0.15, 0.2) is 0 Å². The molecule has 1 rings (SSSR count). The van der Waals surface area contributed by atoms with E-state index in [4.69, 9.17) is 4.74 Å². The number of ether oxygens (including phenoxy) is 1. The van der Waals surface area contributed by atoms with Gasteiger partial charge in [0.1, 0.15) is 0 Å². The molecule has 0 unspecified atom stereocenters. The third-order valence-electron chi connectivity index (χ3n) is 2.00. The van der Waals surface area contributed by atoms with Gasteiger partial charge in [0.25, 0.3) is 0 Å². The van der Waals surface area contributed by atoms with Crippen LogP contribution in [0, 0.1) is 0 Å². The van der Waals surface area contributed by atoms with Gasteiger partial charge >= 0.3 is 0 Å². The topological polar surface area (TPSA) is 24.5 Å². The summed E-state index contributed by atoms with van der Waals surface area (Å²) in [4.78, 5) is 2.08. The van der Waals surface area contributed by atoms with Crippen molar-refractivity contribution in [2.24, 2.45) is 0 Å². The highest BCUT2D eigenvalue weighted by Crippen LogP contribution is 2.16. The number of benzene rings is 1. The van der Waals surface area contributed by atoms with E-state index in [2.05, 4.69) is 28.4 Å². The van der Waals surface area contributed by atoms with E-state index in [0.29, 0.717) is 0 Å². The zero-order chi connectivity index (χ0) is 10.4. The van der Waals surface area contributed by atoms with Crippen molar-refractivity contribution in [1.29, 1.82) is 0 Å². The van der Waals surface area contributed by atoms with Crippen molar-refractivity contribution in [3.05, 3.63) is 24.3 Å². The average molecular weight is 194 g/mol. The lowest BCUT2D eigenvalue weighted by molar-refractivity contribution is 0.211. The standard InChI is InChI=1S/C11H18N2O/c1-13(2)11-6-4-5-10(9-11)12-7-8-14-3/h4-6,9,12H,7-8H2,1-3H3. The average Bonchev–Trinajstić information content (AvgIpc) is 2.19. The van der Waals surface area contributed by atoms with Crippen LogP contribution in [-0.4, -0.2) is 34.4 Å². The van der Waals surface area contributed by atoms with E-state index < -0.39 is 0 Å². The van der Waals surface area contributed by atoms with Gasteiger partial charge in [0.05, 0.1) is 6.61 Å². The molecule has 0 fully saturated rings. The molecule has 0 aromatic heterocycles. The molecule has 3 heteroatoms. The van der Waals surface area contributed by atoms with Gasteiger partial charge in [-0.25, -0.2) is 0 Å². The van der Waals surface area contributed by atoms with E-state index in [1.54, 1.807) is 7.11 Å². The maximum atomic E-state index is 4.97. The molecule has 0 bridgehead atoms. The minimum atomic E-state index is 0.728. The minimum absolute atomic E-state index is 0.728. The van der Waals surface area contributed by atoms with Crippen LogP contribution in [0.1, 0.15) is 0 Å². The van der Waals surface area contributed by atoms with Gasteiger partial charge in [-0.15, -0.1) is 0 Å². The first-order chi connectivity index (χ1) is 6.74. The molecular weight excluding hydrogens is 176 g/mol. The van der Waals surface area contributed by atoms with Gasteiger partial charge < -0.3 is 15.0 Å². The predicted octanol–water partition coefficient (Wildman–Crippen LogP) is 1.81. The Hall–Kier alpha value is -1.22. The lowest BCUT2D eigenvalue weighted by Gasteiger charge is -2.14. The predicted molar refractivity (Wildman–Crippen MR) is 61.1 cm³/mol. The van der Waals surface area contributed by atoms with Crippen molar-refractivity contribution in [2.75, 3.05) is 44.6 Å². The molecule has 0 aliphatic rings. The first-order valence-electron chi connectivity index (χ1n) is 4.74. The van der Waals surface area contributed by atoms with E-state index in [-0.39, 0.29) is 0 Å². The molecule has 0 aliphatic heterocycles. The summed E-state index contributed by atoms with van der Waals surface area (Å²) in [6.07, 6.45) is 0. The number of methoxy groups -OCH3 is 1. The third-order valence-corrected chi connectivity index (χ3v) is 2.00. The molecule has 1 aromatic rings. The van der Waals surface area contributed by atoms with Crippen LogP contribution in [0.4, 0.5) is 11.4 Å². The second kappa shape index (κ2) is 5.50. The minimum Gasteiger partial charge on any atom is -0.383 e. The highest BCUT2D eigenvalue weighted by Gasteiger charge is 1.96. The Bertz CT molecular complexity index is 274. The molecule has 3 nitrogen and oxygen atoms in total. The van der Waals surface area contributed by atoms with Crippen LogP contribution >= 0.6 is 0 Å². The Morgan fingerprint density at radius 1 is 1.36 bits per heavy atom. The van der Waals surface area contributed by atoms with Crippen LogP contribution in [0.3, 0.4) is 0 Å². The van der Waals surface area contributed by atoms with Crippen LogP contribution in [-0.2, 0) is 4.74 Å². The van der Waals surface area contributed by atoms with E-state index in [1.807, 2.05) is 20.2 Å². The number of nitrogens with one attached hydrogen (secondary N) is 1. The van der Waals surface area contributed by atoms with Gasteiger partial charge in [0, 0.05) is 39.1 Å². The molecule has 0 saturated carbocycles. The quantitative estimate of drug-likeness (QED) is 0.723. The van der Waals surface area contributed by atoms with Crippen molar-refractivity contribution in [3.8, 4) is 0 Å². The largest absolute Gasteiger partial charge is 0.383 e. The summed E-state index contributed by atoms with van der Waals surface area (Å²) in [6.45, 7) is 1.57. The third kappa shape index (κ3) is 3.26. The SMILES string of the molecule is COCCNc1cccc(N(C)C)c1. The highest BCUT2D eigenvalue weighted by molar-refractivity contribution is 5.57. The van der Waals surface area contributed by atoms with Crippen LogP contribution in [0.2, 0.25) is 0 Å². The number of nitrogens with zero attached hydrogens (tertiary/aromatic N) is 1. The van der Waals surface area contributed by atoms with E-state index >= 15 is 0 Å². The first-order valence-corrected chi connectivity index (χ1v) is 4.74. The highest BCUT2D eigenvalue weighted by atomic mass is 16.5. The summed E-state index contributed by atoms with van der Waals surface area (Å²) in [5.41, 5.74) is 2.33. The lowest BCUT2D eigenvalue weighted by atomic mass is 10.2. The van der Waals surface area contributed by atoms with Crippen LogP contribution in [0.5, 0.6) is 0 Å². The van der Waals surface area contributed by atoms with E-state index in [1.165, 1.54) is 5.69 Å². The molecule has 0 atom stereocenters. The number of anilines is 2. The molecule has 14 heavy (non-hydrogen) atoms. The normalized spacial score (nSPS) is 9.93. The van der Waals surface area contributed by atoms with Crippen LogP contribution < -0.4 is 10.2 Å². The molecular formula is C11H18N2O. The molecule has 1 aromatic carbocycles. The molecule has 0 heterocycles. The maximum absolute atomic E-state index is 4.97. The van der Waals surface area contributed by atoms with Crippen LogP contribution in [0.25, 0.3) is 0 Å². The van der Waals surface area contributed by atoms with Crippen molar-refractivity contribution in [3.63, 3.8) is 0 Å². The Balaban J connectivity index is 2.55. The van der Waals surface area contributed by atoms with Gasteiger partial charge in [-0.3, -0.25) is 0 Å². The van der Waals surface area contributed by atoms with E-state index in [0.717, 1.165) is 18.8 Å². The monoisotopic (exact) mass is 194 g/mol. The first kappa shape index (κ1) is 10.9. The van der Waals surface area contributed by atoms with Gasteiger partial charge in [-0.1, -0.05) is 6.07 Å². The Morgan fingerprint density at radius 3 is 2.79 bits per heavy atom. The number of hydrogen-bond donors (Lipinski definition) is 1. The van der Waals surface area contributed by atoms with E-state index in [9.17, 15) is 0 Å². The summed E-state index contributed by atoms with van der Waals surface area (Å²) in [5, 5.41) is 3.29. The maximum Gasteiger partial charge on any atom is 0.0635 e. The molecule has 0 spiro atoms. The summed E-state index contributed by atoms with van der Waals surface area (Å²) in [6, 6.07) is 8.31. The fourth-order valence-corrected chi connectivity index (χ4v) is 1.19. The fourth-order valence-electron chi connectivity index (χ4n) is 1.19. The van der Waals surface area contributed by atoms with Crippen molar-refractivity contribution >= 4 is 11.4 Å². The summed E-state index contributed by atoms with van der Waals surface area (Å²) < 4.78 is 4.97. The summed E-state index contributed by atoms with van der Waals surface area (Å²) in [7, 11) is 5.78. The summed E-state index contributed by atoms with van der Waals surface area (Å²) in [5.74, 6) is 0. The van der Waals surface area contributed by atoms with Gasteiger partial charge in [-0.2, -0.15) is 0 Å². The fraction of sp³-hybridized carbons (Fsp3) is 0.455. The Labute approximate surface area is 85.7 Å². The number of hydrogen-bond acceptors (Lipinski definition) is 3. The molecule has 0 saturated heterocycles. The molecule has 0 radical (unpaired) electrons. The molecule has 78 valence electrons.